The molecule has 0 saturated carbocycles. The van der Waals surface area contributed by atoms with E-state index in [0.717, 1.165) is 12.5 Å². The zero-order valence-electron chi connectivity index (χ0n) is 11.1. The Balaban J connectivity index is 2.33. The first kappa shape index (κ1) is 14.6. The van der Waals surface area contributed by atoms with E-state index in [0.29, 0.717) is 18.8 Å². The van der Waals surface area contributed by atoms with Gasteiger partial charge in [-0.2, -0.15) is 0 Å². The van der Waals surface area contributed by atoms with Crippen molar-refractivity contribution in [3.8, 4) is 0 Å². The van der Waals surface area contributed by atoms with Crippen molar-refractivity contribution < 1.29 is 13.7 Å². The first-order chi connectivity index (χ1) is 9.40. The van der Waals surface area contributed by atoms with E-state index in [-0.39, 0.29) is 23.2 Å². The fourth-order valence-electron chi connectivity index (χ4n) is 2.50. The van der Waals surface area contributed by atoms with Crippen molar-refractivity contribution in [2.45, 2.75) is 25.8 Å². The molecular weight excluding hydrogens is 268 g/mol. The number of non-ortho nitro benzene ring substituents is 1. The third-order valence-corrected chi connectivity index (χ3v) is 3.77. The largest absolute Gasteiger partial charge is 0.371 e. The molecule has 0 aromatic heterocycles. The van der Waals surface area contributed by atoms with Crippen LogP contribution in [-0.4, -0.2) is 24.1 Å². The molecular formula is C13H17F2N3O2. The molecule has 2 atom stereocenters. The van der Waals surface area contributed by atoms with Crippen molar-refractivity contribution in [1.29, 1.82) is 0 Å². The Kier molecular flexibility index (Phi) is 4.17. The minimum Gasteiger partial charge on any atom is -0.371 e. The van der Waals surface area contributed by atoms with Gasteiger partial charge in [0.1, 0.15) is 0 Å². The summed E-state index contributed by atoms with van der Waals surface area (Å²) in [6, 6.07) is 3.70. The van der Waals surface area contributed by atoms with Crippen LogP contribution in [0.25, 0.3) is 0 Å². The van der Waals surface area contributed by atoms with Gasteiger partial charge in [0, 0.05) is 42.5 Å². The Labute approximate surface area is 115 Å². The first-order valence-electron chi connectivity index (χ1n) is 6.47. The van der Waals surface area contributed by atoms with Crippen LogP contribution in [0.2, 0.25) is 0 Å². The summed E-state index contributed by atoms with van der Waals surface area (Å²) in [5, 5.41) is 10.7. The number of benzene rings is 1. The highest BCUT2D eigenvalue weighted by atomic mass is 19.3. The number of nitrogens with zero attached hydrogens (tertiary/aromatic N) is 2. The minimum absolute atomic E-state index is 0.0688. The van der Waals surface area contributed by atoms with Crippen LogP contribution >= 0.6 is 0 Å². The maximum absolute atomic E-state index is 13.1. The summed E-state index contributed by atoms with van der Waals surface area (Å²) < 4.78 is 26.3. The molecule has 0 amide bonds. The van der Waals surface area contributed by atoms with Gasteiger partial charge in [0.15, 0.2) is 0 Å². The molecule has 1 aromatic rings. The lowest BCUT2D eigenvalue weighted by Gasteiger charge is -2.37. The molecule has 20 heavy (non-hydrogen) atoms. The van der Waals surface area contributed by atoms with E-state index in [9.17, 15) is 18.9 Å². The Morgan fingerprint density at radius 3 is 2.75 bits per heavy atom. The SMILES string of the molecule is CC1CN(c2ccc([N+](=O)[O-])cc2C(F)F)CCC1N. The van der Waals surface area contributed by atoms with E-state index in [1.54, 1.807) is 0 Å². The molecule has 0 bridgehead atoms. The van der Waals surface area contributed by atoms with Crippen LogP contribution in [0.1, 0.15) is 25.3 Å². The molecule has 2 unspecified atom stereocenters. The molecule has 1 aliphatic rings. The Hall–Kier alpha value is -1.76. The lowest BCUT2D eigenvalue weighted by molar-refractivity contribution is -0.385. The zero-order chi connectivity index (χ0) is 14.9. The fourth-order valence-corrected chi connectivity index (χ4v) is 2.50. The minimum atomic E-state index is -2.74. The molecule has 1 fully saturated rings. The molecule has 110 valence electrons. The van der Waals surface area contributed by atoms with Gasteiger partial charge in [-0.05, 0) is 18.4 Å². The Morgan fingerprint density at radius 2 is 2.20 bits per heavy atom. The number of nitrogens with two attached hydrogens (primary N) is 1. The van der Waals surface area contributed by atoms with Crippen molar-refractivity contribution in [3.05, 3.63) is 33.9 Å². The molecule has 1 saturated heterocycles. The van der Waals surface area contributed by atoms with E-state index < -0.39 is 11.3 Å². The summed E-state index contributed by atoms with van der Waals surface area (Å²) in [4.78, 5) is 11.9. The average Bonchev–Trinajstić information content (AvgIpc) is 2.41. The number of halogens is 2. The second-order valence-electron chi connectivity index (χ2n) is 5.18. The average molecular weight is 285 g/mol. The van der Waals surface area contributed by atoms with Crippen molar-refractivity contribution in [1.82, 2.24) is 0 Å². The van der Waals surface area contributed by atoms with Crippen LogP contribution in [-0.2, 0) is 0 Å². The van der Waals surface area contributed by atoms with E-state index in [1.165, 1.54) is 12.1 Å². The second kappa shape index (κ2) is 5.70. The van der Waals surface area contributed by atoms with Crippen molar-refractivity contribution in [2.24, 2.45) is 11.7 Å². The summed E-state index contributed by atoms with van der Waals surface area (Å²) in [7, 11) is 0. The van der Waals surface area contributed by atoms with Gasteiger partial charge in [-0.1, -0.05) is 6.92 Å². The predicted octanol–water partition coefficient (Wildman–Crippen LogP) is 2.71. The van der Waals surface area contributed by atoms with Gasteiger partial charge in [-0.15, -0.1) is 0 Å². The summed E-state index contributed by atoms with van der Waals surface area (Å²) >= 11 is 0. The van der Waals surface area contributed by atoms with E-state index >= 15 is 0 Å². The highest BCUT2D eigenvalue weighted by Crippen LogP contribution is 2.34. The summed E-state index contributed by atoms with van der Waals surface area (Å²) in [5.74, 6) is 0.199. The maximum Gasteiger partial charge on any atom is 0.270 e. The summed E-state index contributed by atoms with van der Waals surface area (Å²) in [6.07, 6.45) is -2.02. The second-order valence-corrected chi connectivity index (χ2v) is 5.18. The van der Waals surface area contributed by atoms with E-state index in [1.807, 2.05) is 11.8 Å². The molecule has 7 heteroatoms. The topological polar surface area (TPSA) is 72.4 Å². The highest BCUT2D eigenvalue weighted by Gasteiger charge is 2.27. The smallest absolute Gasteiger partial charge is 0.270 e. The molecule has 0 spiro atoms. The fraction of sp³-hybridized carbons (Fsp3) is 0.538. The number of piperidine rings is 1. The normalized spacial score (nSPS) is 23.1. The molecule has 0 aliphatic carbocycles. The number of alkyl halides is 2. The maximum atomic E-state index is 13.1. The van der Waals surface area contributed by atoms with Gasteiger partial charge in [-0.3, -0.25) is 10.1 Å². The predicted molar refractivity (Wildman–Crippen MR) is 72.0 cm³/mol. The summed E-state index contributed by atoms with van der Waals surface area (Å²) in [5.41, 5.74) is 5.68. The highest BCUT2D eigenvalue weighted by molar-refractivity contribution is 5.59. The molecule has 1 heterocycles. The van der Waals surface area contributed by atoms with Gasteiger partial charge >= 0.3 is 0 Å². The molecule has 2 rings (SSSR count). The van der Waals surface area contributed by atoms with Crippen molar-refractivity contribution in [3.63, 3.8) is 0 Å². The number of hydrogen-bond acceptors (Lipinski definition) is 4. The number of rotatable bonds is 3. The molecule has 0 radical (unpaired) electrons. The molecule has 5 nitrogen and oxygen atoms in total. The Morgan fingerprint density at radius 1 is 1.50 bits per heavy atom. The standard InChI is InChI=1S/C13H17F2N3O2/c1-8-7-17(5-4-11(8)16)12-3-2-9(18(19)20)6-10(12)13(14)15/h2-3,6,8,11,13H,4-5,7,16H2,1H3. The van der Waals surface area contributed by atoms with Crippen LogP contribution in [0.3, 0.4) is 0 Å². The lowest BCUT2D eigenvalue weighted by Crippen LogP contribution is -2.46. The van der Waals surface area contributed by atoms with Crippen molar-refractivity contribution >= 4 is 11.4 Å². The lowest BCUT2D eigenvalue weighted by atomic mass is 9.94. The zero-order valence-corrected chi connectivity index (χ0v) is 11.1. The monoisotopic (exact) mass is 285 g/mol. The van der Waals surface area contributed by atoms with Gasteiger partial charge < -0.3 is 10.6 Å². The van der Waals surface area contributed by atoms with Crippen LogP contribution in [0.15, 0.2) is 18.2 Å². The Bertz CT molecular complexity index is 510. The van der Waals surface area contributed by atoms with Gasteiger partial charge in [0.25, 0.3) is 12.1 Å². The molecule has 1 aliphatic heterocycles. The number of nitro benzene ring substituents is 1. The van der Waals surface area contributed by atoms with Gasteiger partial charge in [0.05, 0.1) is 4.92 Å². The number of nitro groups is 1. The molecule has 2 N–H and O–H groups in total. The molecule has 1 aromatic carbocycles. The van der Waals surface area contributed by atoms with Crippen LogP contribution in [0.5, 0.6) is 0 Å². The summed E-state index contributed by atoms with van der Waals surface area (Å²) in [6.45, 7) is 3.14. The quantitative estimate of drug-likeness (QED) is 0.684. The van der Waals surface area contributed by atoms with Gasteiger partial charge in [0.2, 0.25) is 0 Å². The number of anilines is 1. The third kappa shape index (κ3) is 2.87. The van der Waals surface area contributed by atoms with Gasteiger partial charge in [-0.25, -0.2) is 8.78 Å². The first-order valence-corrected chi connectivity index (χ1v) is 6.47. The van der Waals surface area contributed by atoms with Crippen LogP contribution in [0, 0.1) is 16.0 Å². The number of hydrogen-bond donors (Lipinski definition) is 1. The third-order valence-electron chi connectivity index (χ3n) is 3.77. The van der Waals surface area contributed by atoms with Crippen LogP contribution < -0.4 is 10.6 Å². The van der Waals surface area contributed by atoms with Crippen molar-refractivity contribution in [2.75, 3.05) is 18.0 Å². The van der Waals surface area contributed by atoms with E-state index in [2.05, 4.69) is 0 Å². The van der Waals surface area contributed by atoms with E-state index in [4.69, 9.17) is 5.73 Å². The van der Waals surface area contributed by atoms with Crippen LogP contribution in [0.4, 0.5) is 20.2 Å².